The van der Waals surface area contributed by atoms with Crippen LogP contribution in [0.5, 0.6) is 0 Å². The molecule has 1 aliphatic rings. The summed E-state index contributed by atoms with van der Waals surface area (Å²) in [5, 5.41) is 9.36. The van der Waals surface area contributed by atoms with E-state index in [0.717, 1.165) is 12.8 Å². The summed E-state index contributed by atoms with van der Waals surface area (Å²) >= 11 is 0. The molecular weight excluding hydrogens is 174 g/mol. The molecule has 0 aromatic heterocycles. The van der Waals surface area contributed by atoms with E-state index in [9.17, 15) is 13.9 Å². The van der Waals surface area contributed by atoms with Crippen molar-refractivity contribution in [3.63, 3.8) is 0 Å². The van der Waals surface area contributed by atoms with Crippen molar-refractivity contribution in [1.82, 2.24) is 0 Å². The highest BCUT2D eigenvalue weighted by Crippen LogP contribution is 2.41. The van der Waals surface area contributed by atoms with E-state index in [1.54, 1.807) is 13.8 Å². The third-order valence-electron chi connectivity index (χ3n) is 2.93. The quantitative estimate of drug-likeness (QED) is 0.729. The smallest absolute Gasteiger partial charge is 0.276 e. The second-order valence-corrected chi connectivity index (χ2v) is 4.34. The highest BCUT2D eigenvalue weighted by atomic mass is 19.3. The number of hydrogen-bond donors (Lipinski definition) is 1. The van der Waals surface area contributed by atoms with Crippen molar-refractivity contribution in [3.8, 4) is 0 Å². The molecule has 0 aliphatic heterocycles. The van der Waals surface area contributed by atoms with Crippen molar-refractivity contribution in [3.05, 3.63) is 0 Å². The SMILES string of the molecule is CC(C)C(O)C(F)(F)C1CCCC1. The molecule has 0 bridgehead atoms. The van der Waals surface area contributed by atoms with Gasteiger partial charge in [-0.1, -0.05) is 26.7 Å². The second kappa shape index (κ2) is 3.91. The molecule has 0 radical (unpaired) electrons. The van der Waals surface area contributed by atoms with Crippen molar-refractivity contribution < 1.29 is 13.9 Å². The third kappa shape index (κ3) is 2.19. The lowest BCUT2D eigenvalue weighted by atomic mass is 9.89. The zero-order chi connectivity index (χ0) is 10.1. The average Bonchev–Trinajstić information content (AvgIpc) is 2.54. The van der Waals surface area contributed by atoms with Crippen LogP contribution >= 0.6 is 0 Å². The van der Waals surface area contributed by atoms with E-state index in [1.807, 2.05) is 0 Å². The van der Waals surface area contributed by atoms with Gasteiger partial charge in [-0.2, -0.15) is 0 Å². The van der Waals surface area contributed by atoms with Gasteiger partial charge in [-0.25, -0.2) is 8.78 Å². The second-order valence-electron chi connectivity index (χ2n) is 4.34. The molecule has 0 amide bonds. The van der Waals surface area contributed by atoms with Crippen LogP contribution in [-0.4, -0.2) is 17.1 Å². The number of rotatable bonds is 3. The first-order valence-electron chi connectivity index (χ1n) is 5.02. The number of aliphatic hydroxyl groups excluding tert-OH is 1. The van der Waals surface area contributed by atoms with Crippen LogP contribution in [0.1, 0.15) is 39.5 Å². The minimum atomic E-state index is -2.88. The minimum Gasteiger partial charge on any atom is -0.387 e. The lowest BCUT2D eigenvalue weighted by molar-refractivity contribution is -0.160. The Hall–Kier alpha value is -0.180. The van der Waals surface area contributed by atoms with Gasteiger partial charge in [0.2, 0.25) is 0 Å². The molecule has 0 heterocycles. The fourth-order valence-electron chi connectivity index (χ4n) is 2.00. The molecule has 0 aromatic rings. The Morgan fingerprint density at radius 3 is 2.08 bits per heavy atom. The Morgan fingerprint density at radius 2 is 1.69 bits per heavy atom. The zero-order valence-electron chi connectivity index (χ0n) is 8.26. The van der Waals surface area contributed by atoms with Crippen LogP contribution < -0.4 is 0 Å². The number of halogens is 2. The summed E-state index contributed by atoms with van der Waals surface area (Å²) in [4.78, 5) is 0. The summed E-state index contributed by atoms with van der Waals surface area (Å²) < 4.78 is 27.0. The van der Waals surface area contributed by atoms with Gasteiger partial charge >= 0.3 is 0 Å². The third-order valence-corrected chi connectivity index (χ3v) is 2.93. The van der Waals surface area contributed by atoms with Crippen LogP contribution in [0.25, 0.3) is 0 Å². The molecule has 1 saturated carbocycles. The Balaban J connectivity index is 2.62. The Morgan fingerprint density at radius 1 is 1.23 bits per heavy atom. The Kier molecular flexibility index (Phi) is 3.28. The lowest BCUT2D eigenvalue weighted by Gasteiger charge is -2.30. The van der Waals surface area contributed by atoms with E-state index in [0.29, 0.717) is 12.8 Å². The van der Waals surface area contributed by atoms with Gasteiger partial charge in [0.25, 0.3) is 5.92 Å². The van der Waals surface area contributed by atoms with Crippen molar-refractivity contribution in [2.75, 3.05) is 0 Å². The number of aliphatic hydroxyl groups is 1. The first-order chi connectivity index (χ1) is 5.96. The molecule has 0 spiro atoms. The predicted molar refractivity (Wildman–Crippen MR) is 47.7 cm³/mol. The van der Waals surface area contributed by atoms with E-state index in [4.69, 9.17) is 0 Å². The molecule has 1 N–H and O–H groups in total. The van der Waals surface area contributed by atoms with Gasteiger partial charge in [0.15, 0.2) is 0 Å². The van der Waals surface area contributed by atoms with Gasteiger partial charge in [-0.3, -0.25) is 0 Å². The normalized spacial score (nSPS) is 22.6. The van der Waals surface area contributed by atoms with E-state index in [2.05, 4.69) is 0 Å². The van der Waals surface area contributed by atoms with Crippen molar-refractivity contribution >= 4 is 0 Å². The topological polar surface area (TPSA) is 20.2 Å². The van der Waals surface area contributed by atoms with Crippen LogP contribution in [0.15, 0.2) is 0 Å². The molecule has 1 atom stereocenters. The van der Waals surface area contributed by atoms with Crippen LogP contribution in [0.4, 0.5) is 8.78 Å². The number of hydrogen-bond acceptors (Lipinski definition) is 1. The minimum absolute atomic E-state index is 0.365. The fraction of sp³-hybridized carbons (Fsp3) is 1.00. The van der Waals surface area contributed by atoms with Gasteiger partial charge in [-0.15, -0.1) is 0 Å². The maximum Gasteiger partial charge on any atom is 0.276 e. The molecule has 1 rings (SSSR count). The average molecular weight is 192 g/mol. The van der Waals surface area contributed by atoms with Gasteiger partial charge in [0, 0.05) is 5.92 Å². The highest BCUT2D eigenvalue weighted by Gasteiger charge is 2.47. The standard InChI is InChI=1S/C10H18F2O/c1-7(2)9(13)10(11,12)8-5-3-4-6-8/h7-9,13H,3-6H2,1-2H3. The van der Waals surface area contributed by atoms with Gasteiger partial charge in [-0.05, 0) is 18.8 Å². The zero-order valence-corrected chi connectivity index (χ0v) is 8.26. The van der Waals surface area contributed by atoms with Crippen LogP contribution in [-0.2, 0) is 0 Å². The monoisotopic (exact) mass is 192 g/mol. The molecule has 0 saturated heterocycles. The molecule has 1 fully saturated rings. The highest BCUT2D eigenvalue weighted by molar-refractivity contribution is 4.88. The summed E-state index contributed by atoms with van der Waals surface area (Å²) in [5.41, 5.74) is 0. The van der Waals surface area contributed by atoms with Gasteiger partial charge in [0.05, 0.1) is 0 Å². The van der Waals surface area contributed by atoms with E-state index in [1.165, 1.54) is 0 Å². The summed E-state index contributed by atoms with van der Waals surface area (Å²) in [5.74, 6) is -3.84. The summed E-state index contributed by atoms with van der Waals surface area (Å²) in [6.07, 6.45) is 1.42. The van der Waals surface area contributed by atoms with Crippen molar-refractivity contribution in [1.29, 1.82) is 0 Å². The van der Waals surface area contributed by atoms with E-state index in [-0.39, 0.29) is 5.92 Å². The Labute approximate surface area is 78.1 Å². The van der Waals surface area contributed by atoms with E-state index < -0.39 is 17.9 Å². The van der Waals surface area contributed by atoms with Gasteiger partial charge < -0.3 is 5.11 Å². The molecular formula is C10H18F2O. The molecule has 1 aliphatic carbocycles. The van der Waals surface area contributed by atoms with E-state index >= 15 is 0 Å². The van der Waals surface area contributed by atoms with Gasteiger partial charge in [0.1, 0.15) is 6.10 Å². The largest absolute Gasteiger partial charge is 0.387 e. The maximum absolute atomic E-state index is 13.5. The lowest BCUT2D eigenvalue weighted by Crippen LogP contribution is -2.42. The summed E-state index contributed by atoms with van der Waals surface area (Å²) in [7, 11) is 0. The van der Waals surface area contributed by atoms with Crippen LogP contribution in [0.2, 0.25) is 0 Å². The molecule has 0 aromatic carbocycles. The van der Waals surface area contributed by atoms with Crippen molar-refractivity contribution in [2.45, 2.75) is 51.6 Å². The predicted octanol–water partition coefficient (Wildman–Crippen LogP) is 2.83. The summed E-state index contributed by atoms with van der Waals surface area (Å²) in [6.45, 7) is 3.26. The molecule has 1 unspecified atom stereocenters. The van der Waals surface area contributed by atoms with Crippen molar-refractivity contribution in [2.24, 2.45) is 11.8 Å². The van der Waals surface area contributed by atoms with Crippen LogP contribution in [0, 0.1) is 11.8 Å². The van der Waals surface area contributed by atoms with Crippen LogP contribution in [0.3, 0.4) is 0 Å². The molecule has 3 heteroatoms. The maximum atomic E-state index is 13.5. The fourth-order valence-corrected chi connectivity index (χ4v) is 2.00. The molecule has 1 nitrogen and oxygen atoms in total. The Bertz CT molecular complexity index is 158. The number of alkyl halides is 2. The first-order valence-corrected chi connectivity index (χ1v) is 5.02. The first kappa shape index (κ1) is 10.9. The molecule has 13 heavy (non-hydrogen) atoms. The molecule has 78 valence electrons. The summed E-state index contributed by atoms with van der Waals surface area (Å²) in [6, 6.07) is 0.